The molecule has 0 aliphatic heterocycles. The zero-order valence-corrected chi connectivity index (χ0v) is 12.1. The first kappa shape index (κ1) is 15.5. The Hall–Kier alpha value is -1.55. The third-order valence-electron chi connectivity index (χ3n) is 3.27. The van der Waals surface area contributed by atoms with Crippen molar-refractivity contribution in [2.75, 3.05) is 18.6 Å². The van der Waals surface area contributed by atoms with E-state index in [0.29, 0.717) is 19.4 Å². The number of ether oxygens (including phenoxy) is 1. The summed E-state index contributed by atoms with van der Waals surface area (Å²) in [7, 11) is 1.64. The molecular formula is C15H23NO3. The average Bonchev–Trinajstić information content (AvgIpc) is 2.40. The van der Waals surface area contributed by atoms with Crippen LogP contribution in [0.2, 0.25) is 0 Å². The number of hydrogen-bond acceptors (Lipinski definition) is 3. The molecule has 1 amide bonds. The molecule has 1 N–H and O–H groups in total. The highest BCUT2D eigenvalue weighted by Gasteiger charge is 2.17. The van der Waals surface area contributed by atoms with Gasteiger partial charge in [-0.3, -0.25) is 4.79 Å². The van der Waals surface area contributed by atoms with E-state index < -0.39 is 0 Å². The second-order valence-corrected chi connectivity index (χ2v) is 4.69. The number of rotatable bonds is 6. The van der Waals surface area contributed by atoms with Gasteiger partial charge in [-0.15, -0.1) is 0 Å². The van der Waals surface area contributed by atoms with Crippen LogP contribution in [0.25, 0.3) is 0 Å². The molecule has 0 saturated carbocycles. The number of nitrogens with zero attached hydrogens (tertiary/aromatic N) is 1. The minimum Gasteiger partial charge on any atom is -0.508 e. The van der Waals surface area contributed by atoms with Gasteiger partial charge in [-0.05, 0) is 38.8 Å². The number of anilines is 1. The summed E-state index contributed by atoms with van der Waals surface area (Å²) in [4.78, 5) is 14.0. The maximum atomic E-state index is 12.2. The van der Waals surface area contributed by atoms with Gasteiger partial charge in [0.15, 0.2) is 0 Å². The Kier molecular flexibility index (Phi) is 5.83. The van der Waals surface area contributed by atoms with E-state index in [1.165, 1.54) is 0 Å². The fourth-order valence-corrected chi connectivity index (χ4v) is 1.95. The Morgan fingerprint density at radius 2 is 2.16 bits per heavy atom. The Balaban J connectivity index is 2.82. The number of phenolic OH excluding ortho intramolecular Hbond substituents is 1. The molecule has 19 heavy (non-hydrogen) atoms. The molecule has 0 bridgehead atoms. The molecule has 0 radical (unpaired) electrons. The molecule has 4 nitrogen and oxygen atoms in total. The summed E-state index contributed by atoms with van der Waals surface area (Å²) in [6.45, 7) is 6.40. The van der Waals surface area contributed by atoms with Crippen LogP contribution in [0, 0.1) is 6.92 Å². The van der Waals surface area contributed by atoms with E-state index in [4.69, 9.17) is 4.74 Å². The van der Waals surface area contributed by atoms with Gasteiger partial charge < -0.3 is 14.7 Å². The monoisotopic (exact) mass is 265 g/mol. The van der Waals surface area contributed by atoms with Crippen molar-refractivity contribution in [1.82, 2.24) is 0 Å². The number of aryl methyl sites for hydroxylation is 1. The Labute approximate surface area is 115 Å². The van der Waals surface area contributed by atoms with E-state index in [1.807, 2.05) is 26.8 Å². The van der Waals surface area contributed by atoms with Crippen molar-refractivity contribution in [3.63, 3.8) is 0 Å². The number of amides is 1. The average molecular weight is 265 g/mol. The topological polar surface area (TPSA) is 49.8 Å². The maximum absolute atomic E-state index is 12.2. The summed E-state index contributed by atoms with van der Waals surface area (Å²) < 4.78 is 5.15. The second-order valence-electron chi connectivity index (χ2n) is 4.69. The summed E-state index contributed by atoms with van der Waals surface area (Å²) in [5, 5.41) is 9.56. The van der Waals surface area contributed by atoms with Gasteiger partial charge in [-0.25, -0.2) is 0 Å². The molecule has 1 aromatic rings. The van der Waals surface area contributed by atoms with Gasteiger partial charge in [0.25, 0.3) is 0 Å². The predicted molar refractivity (Wildman–Crippen MR) is 76.6 cm³/mol. The van der Waals surface area contributed by atoms with Gasteiger partial charge in [0.05, 0.1) is 11.8 Å². The van der Waals surface area contributed by atoms with E-state index in [2.05, 4.69) is 0 Å². The molecular weight excluding hydrogens is 242 g/mol. The van der Waals surface area contributed by atoms with Gasteiger partial charge >= 0.3 is 0 Å². The number of carbonyl (C=O) groups is 1. The van der Waals surface area contributed by atoms with E-state index in [1.54, 1.807) is 24.1 Å². The first-order chi connectivity index (χ1) is 8.99. The molecule has 106 valence electrons. The molecule has 0 saturated heterocycles. The van der Waals surface area contributed by atoms with Gasteiger partial charge in [0, 0.05) is 26.1 Å². The summed E-state index contributed by atoms with van der Waals surface area (Å²) >= 11 is 0. The standard InChI is InChI=1S/C15H23NO3/c1-5-16(15(18)9-7-12(3)19-4)14-10-13(17)8-6-11(14)2/h6,8,10,12,17H,5,7,9H2,1-4H3. The normalized spacial score (nSPS) is 12.2. The number of carbonyl (C=O) groups excluding carboxylic acids is 1. The molecule has 0 spiro atoms. The zero-order valence-electron chi connectivity index (χ0n) is 12.1. The van der Waals surface area contributed by atoms with Crippen LogP contribution in [0.1, 0.15) is 32.3 Å². The van der Waals surface area contributed by atoms with Crippen molar-refractivity contribution < 1.29 is 14.6 Å². The molecule has 4 heteroatoms. The van der Waals surface area contributed by atoms with Crippen molar-refractivity contribution in [3.8, 4) is 5.75 Å². The highest BCUT2D eigenvalue weighted by molar-refractivity contribution is 5.94. The van der Waals surface area contributed by atoms with Crippen molar-refractivity contribution >= 4 is 11.6 Å². The van der Waals surface area contributed by atoms with Crippen LogP contribution in [-0.2, 0) is 9.53 Å². The minimum atomic E-state index is 0.0556. The van der Waals surface area contributed by atoms with Crippen LogP contribution >= 0.6 is 0 Å². The van der Waals surface area contributed by atoms with E-state index in [9.17, 15) is 9.90 Å². The van der Waals surface area contributed by atoms with E-state index in [-0.39, 0.29) is 17.8 Å². The second kappa shape index (κ2) is 7.14. The molecule has 0 heterocycles. The van der Waals surface area contributed by atoms with E-state index in [0.717, 1.165) is 11.3 Å². The number of benzene rings is 1. The molecule has 1 atom stereocenters. The molecule has 0 aliphatic carbocycles. The lowest BCUT2D eigenvalue weighted by Crippen LogP contribution is -2.31. The molecule has 0 aromatic heterocycles. The van der Waals surface area contributed by atoms with Crippen molar-refractivity contribution in [2.24, 2.45) is 0 Å². The van der Waals surface area contributed by atoms with Crippen LogP contribution in [0.4, 0.5) is 5.69 Å². The quantitative estimate of drug-likeness (QED) is 0.860. The van der Waals surface area contributed by atoms with E-state index >= 15 is 0 Å². The smallest absolute Gasteiger partial charge is 0.227 e. The van der Waals surface area contributed by atoms with Crippen LogP contribution in [-0.4, -0.2) is 30.8 Å². The summed E-state index contributed by atoms with van der Waals surface area (Å²) in [6, 6.07) is 5.08. The largest absolute Gasteiger partial charge is 0.508 e. The lowest BCUT2D eigenvalue weighted by atomic mass is 10.1. The SMILES string of the molecule is CCN(C(=O)CCC(C)OC)c1cc(O)ccc1C. The molecule has 1 rings (SSSR count). The molecule has 1 aromatic carbocycles. The number of methoxy groups -OCH3 is 1. The first-order valence-electron chi connectivity index (χ1n) is 6.62. The Morgan fingerprint density at radius 3 is 2.74 bits per heavy atom. The number of aromatic hydroxyl groups is 1. The fourth-order valence-electron chi connectivity index (χ4n) is 1.95. The molecule has 0 aliphatic rings. The third-order valence-corrected chi connectivity index (χ3v) is 3.27. The highest BCUT2D eigenvalue weighted by atomic mass is 16.5. The minimum absolute atomic E-state index is 0.0556. The predicted octanol–water partition coefficient (Wildman–Crippen LogP) is 2.87. The van der Waals surface area contributed by atoms with Gasteiger partial charge in [0.2, 0.25) is 5.91 Å². The highest BCUT2D eigenvalue weighted by Crippen LogP contribution is 2.25. The zero-order chi connectivity index (χ0) is 14.4. The number of hydrogen-bond donors (Lipinski definition) is 1. The van der Waals surface area contributed by atoms with Crippen molar-refractivity contribution in [2.45, 2.75) is 39.7 Å². The summed E-state index contributed by atoms with van der Waals surface area (Å²) in [5.41, 5.74) is 1.75. The maximum Gasteiger partial charge on any atom is 0.227 e. The van der Waals surface area contributed by atoms with Crippen LogP contribution in [0.3, 0.4) is 0 Å². The van der Waals surface area contributed by atoms with Crippen molar-refractivity contribution in [3.05, 3.63) is 23.8 Å². The number of phenols is 1. The fraction of sp³-hybridized carbons (Fsp3) is 0.533. The first-order valence-corrected chi connectivity index (χ1v) is 6.62. The van der Waals surface area contributed by atoms with Gasteiger partial charge in [-0.2, -0.15) is 0 Å². The van der Waals surface area contributed by atoms with Crippen LogP contribution < -0.4 is 4.90 Å². The lowest BCUT2D eigenvalue weighted by Gasteiger charge is -2.23. The third kappa shape index (κ3) is 4.24. The van der Waals surface area contributed by atoms with Crippen molar-refractivity contribution in [1.29, 1.82) is 0 Å². The van der Waals surface area contributed by atoms with Crippen LogP contribution in [0.5, 0.6) is 5.75 Å². The van der Waals surface area contributed by atoms with Gasteiger partial charge in [-0.1, -0.05) is 6.07 Å². The Bertz CT molecular complexity index is 431. The molecule has 1 unspecified atom stereocenters. The summed E-state index contributed by atoms with van der Waals surface area (Å²) in [5.74, 6) is 0.234. The Morgan fingerprint density at radius 1 is 1.47 bits per heavy atom. The summed E-state index contributed by atoms with van der Waals surface area (Å²) in [6.07, 6.45) is 1.22. The van der Waals surface area contributed by atoms with Crippen LogP contribution in [0.15, 0.2) is 18.2 Å². The van der Waals surface area contributed by atoms with Gasteiger partial charge in [0.1, 0.15) is 5.75 Å². The lowest BCUT2D eigenvalue weighted by molar-refractivity contribution is -0.119. The molecule has 0 fully saturated rings.